The van der Waals surface area contributed by atoms with Gasteiger partial charge in [-0.05, 0) is 51.2 Å². The zero-order valence-electron chi connectivity index (χ0n) is 21.3. The Morgan fingerprint density at radius 3 is 2.30 bits per heavy atom. The Morgan fingerprint density at radius 2 is 1.76 bits per heavy atom. The maximum Gasteiger partial charge on any atom is 0.255 e. The van der Waals surface area contributed by atoms with Crippen molar-refractivity contribution in [2.45, 2.75) is 51.2 Å². The van der Waals surface area contributed by atoms with Crippen LogP contribution in [0.2, 0.25) is 0 Å². The van der Waals surface area contributed by atoms with Gasteiger partial charge in [-0.15, -0.1) is 0 Å². The molecule has 0 aromatic heterocycles. The van der Waals surface area contributed by atoms with E-state index in [1.165, 1.54) is 6.07 Å². The van der Waals surface area contributed by atoms with E-state index in [2.05, 4.69) is 5.32 Å². The average molecular weight is 514 g/mol. The molecule has 37 heavy (non-hydrogen) atoms. The molecule has 4 rings (SSSR count). The van der Waals surface area contributed by atoms with Gasteiger partial charge in [0.1, 0.15) is 22.8 Å². The quantitative estimate of drug-likeness (QED) is 0.320. The molecule has 2 amide bonds. The summed E-state index contributed by atoms with van der Waals surface area (Å²) in [4.78, 5) is 52.6. The molecule has 11 heteroatoms. The first kappa shape index (κ1) is 26.2. The van der Waals surface area contributed by atoms with E-state index in [9.17, 15) is 39.6 Å². The fraction of sp³-hybridized carbons (Fsp3) is 0.462. The molecule has 1 saturated carbocycles. The van der Waals surface area contributed by atoms with E-state index in [4.69, 9.17) is 5.73 Å². The smallest absolute Gasteiger partial charge is 0.255 e. The molecule has 0 heterocycles. The van der Waals surface area contributed by atoms with Gasteiger partial charge in [0.15, 0.2) is 11.4 Å². The van der Waals surface area contributed by atoms with Crippen LogP contribution in [0.1, 0.15) is 55.1 Å². The molecule has 3 aliphatic carbocycles. The summed E-state index contributed by atoms with van der Waals surface area (Å²) < 4.78 is 0. The van der Waals surface area contributed by atoms with Gasteiger partial charge in [-0.2, -0.15) is 0 Å². The van der Waals surface area contributed by atoms with Crippen LogP contribution in [0, 0.1) is 11.8 Å². The summed E-state index contributed by atoms with van der Waals surface area (Å²) in [5, 5.41) is 47.3. The van der Waals surface area contributed by atoms with Crippen molar-refractivity contribution in [1.82, 2.24) is 5.32 Å². The Balaban J connectivity index is 1.95. The van der Waals surface area contributed by atoms with Gasteiger partial charge in [0.05, 0.1) is 11.1 Å². The number of nitrogens with zero attached hydrogens (tertiary/aromatic N) is 1. The van der Waals surface area contributed by atoms with Crippen LogP contribution in [0.25, 0.3) is 5.76 Å². The highest BCUT2D eigenvalue weighted by molar-refractivity contribution is 6.22. The number of amides is 2. The molecule has 0 bridgehead atoms. The van der Waals surface area contributed by atoms with E-state index < -0.39 is 69.2 Å². The molecule has 0 aliphatic heterocycles. The van der Waals surface area contributed by atoms with Gasteiger partial charge in [-0.25, -0.2) is 0 Å². The normalized spacial score (nSPS) is 25.4. The Morgan fingerprint density at radius 1 is 1.14 bits per heavy atom. The lowest BCUT2D eigenvalue weighted by Gasteiger charge is -2.46. The Kier molecular flexibility index (Phi) is 5.91. The molecule has 0 radical (unpaired) electrons. The third kappa shape index (κ3) is 3.85. The van der Waals surface area contributed by atoms with Crippen molar-refractivity contribution in [2.24, 2.45) is 17.6 Å². The molecular weight excluding hydrogens is 482 g/mol. The van der Waals surface area contributed by atoms with E-state index in [0.29, 0.717) is 11.3 Å². The molecule has 0 unspecified atom stereocenters. The Bertz CT molecular complexity index is 1330. The van der Waals surface area contributed by atoms with Crippen molar-refractivity contribution in [1.29, 1.82) is 0 Å². The van der Waals surface area contributed by atoms with Gasteiger partial charge < -0.3 is 36.4 Å². The second-order valence-corrected chi connectivity index (χ2v) is 11.2. The molecule has 0 saturated heterocycles. The molecule has 1 aromatic carbocycles. The molecule has 3 aliphatic rings. The fourth-order valence-corrected chi connectivity index (χ4v) is 5.65. The average Bonchev–Trinajstić information content (AvgIpc) is 2.74. The van der Waals surface area contributed by atoms with Gasteiger partial charge >= 0.3 is 0 Å². The summed E-state index contributed by atoms with van der Waals surface area (Å²) in [5.74, 6) is -7.75. The number of benzene rings is 1. The van der Waals surface area contributed by atoms with Crippen LogP contribution in [0.4, 0.5) is 5.69 Å². The number of hydrogen-bond acceptors (Lipinski definition) is 9. The highest BCUT2D eigenvalue weighted by atomic mass is 16.3. The lowest BCUT2D eigenvalue weighted by molar-refractivity contribution is -0.147. The second-order valence-electron chi connectivity index (χ2n) is 11.2. The summed E-state index contributed by atoms with van der Waals surface area (Å²) in [6, 6.07) is 1.51. The van der Waals surface area contributed by atoms with Gasteiger partial charge in [0.25, 0.3) is 11.8 Å². The van der Waals surface area contributed by atoms with Crippen LogP contribution in [-0.2, 0) is 20.8 Å². The van der Waals surface area contributed by atoms with Crippen LogP contribution in [0.15, 0.2) is 23.0 Å². The Hall–Kier alpha value is -3.86. The minimum Gasteiger partial charge on any atom is -0.508 e. The predicted octanol–water partition coefficient (Wildman–Crippen LogP) is 1.02. The summed E-state index contributed by atoms with van der Waals surface area (Å²) in [6.45, 7) is 5.30. The number of fused-ring (bicyclic) bond motifs is 3. The molecule has 3 atom stereocenters. The molecule has 198 valence electrons. The van der Waals surface area contributed by atoms with Crippen molar-refractivity contribution < 1.29 is 39.6 Å². The number of aliphatic hydroxyl groups excluding tert-OH is 2. The topological polar surface area (TPSA) is 190 Å². The second kappa shape index (κ2) is 8.34. The molecular formula is C26H31N3O8. The maximum absolute atomic E-state index is 13.7. The first-order valence-electron chi connectivity index (χ1n) is 11.9. The number of phenolic OH excluding ortho intramolecular Hbond substituents is 1. The molecule has 1 fully saturated rings. The van der Waals surface area contributed by atoms with Crippen molar-refractivity contribution in [2.75, 3.05) is 19.0 Å². The van der Waals surface area contributed by atoms with E-state index in [0.717, 1.165) is 0 Å². The van der Waals surface area contributed by atoms with E-state index in [-0.39, 0.29) is 36.0 Å². The van der Waals surface area contributed by atoms with Crippen molar-refractivity contribution in [3.8, 4) is 5.75 Å². The summed E-state index contributed by atoms with van der Waals surface area (Å²) in [7, 11) is 3.46. The number of ketones is 2. The zero-order valence-corrected chi connectivity index (χ0v) is 21.3. The number of anilines is 1. The fourth-order valence-electron chi connectivity index (χ4n) is 5.65. The SMILES string of the molecule is CN(C)c1cc(C(=O)NC(C)(C)C)c(O)c2c1C[C@H]1C[C@H]3CC(=O)C(C(N)=O)=C(O)[C@@]3(O)C(=O)C1=C2O. The molecule has 11 nitrogen and oxygen atoms in total. The zero-order chi connectivity index (χ0) is 27.8. The number of nitrogens with two attached hydrogens (primary N) is 1. The standard InChI is InChI=1S/C26H31N3O8/c1-25(2,3)28-24(36)13-9-14(29(4)5)12-7-10-6-11-8-15(30)18(23(27)35)22(34)26(11,37)21(33)16(10)20(32)17(12)19(13)31/h9-11,31-32,34,37H,6-8H2,1-5H3,(H2,27,35)(H,28,36)/t10-,11+,26+/m1/s1. The van der Waals surface area contributed by atoms with Gasteiger partial charge in [0, 0.05) is 43.2 Å². The van der Waals surface area contributed by atoms with Crippen LogP contribution in [0.3, 0.4) is 0 Å². The minimum atomic E-state index is -2.64. The number of carbonyl (C=O) groups excluding carboxylic acids is 4. The van der Waals surface area contributed by atoms with Crippen molar-refractivity contribution in [3.05, 3.63) is 39.7 Å². The lowest BCUT2D eigenvalue weighted by atomic mass is 9.59. The van der Waals surface area contributed by atoms with Crippen LogP contribution in [-0.4, -0.2) is 69.0 Å². The monoisotopic (exact) mass is 513 g/mol. The number of aliphatic hydroxyl groups is 3. The molecule has 7 N–H and O–H groups in total. The predicted molar refractivity (Wildman–Crippen MR) is 133 cm³/mol. The van der Waals surface area contributed by atoms with Gasteiger partial charge in [0.2, 0.25) is 5.78 Å². The molecule has 0 spiro atoms. The summed E-state index contributed by atoms with van der Waals surface area (Å²) in [6.07, 6.45) is -0.209. The van der Waals surface area contributed by atoms with E-state index in [1.54, 1.807) is 39.8 Å². The number of aromatic hydroxyl groups is 1. The number of nitrogens with one attached hydrogen (secondary N) is 1. The van der Waals surface area contributed by atoms with Crippen molar-refractivity contribution in [3.63, 3.8) is 0 Å². The van der Waals surface area contributed by atoms with E-state index in [1.807, 2.05) is 0 Å². The number of carbonyl (C=O) groups is 4. The van der Waals surface area contributed by atoms with Gasteiger partial charge in [-0.1, -0.05) is 0 Å². The third-order valence-electron chi connectivity index (χ3n) is 7.26. The lowest BCUT2D eigenvalue weighted by Crippen LogP contribution is -2.58. The highest BCUT2D eigenvalue weighted by Crippen LogP contribution is 2.53. The van der Waals surface area contributed by atoms with Crippen molar-refractivity contribution >= 4 is 34.8 Å². The van der Waals surface area contributed by atoms with Crippen LogP contribution >= 0.6 is 0 Å². The number of hydrogen-bond donors (Lipinski definition) is 6. The minimum absolute atomic E-state index is 0.0306. The van der Waals surface area contributed by atoms with Crippen LogP contribution in [0.5, 0.6) is 5.75 Å². The largest absolute Gasteiger partial charge is 0.508 e. The number of primary amides is 1. The highest BCUT2D eigenvalue weighted by Gasteiger charge is 2.60. The first-order chi connectivity index (χ1) is 17.0. The number of Topliss-reactive ketones (excluding diaryl/α,β-unsaturated/α-hetero) is 2. The third-order valence-corrected chi connectivity index (χ3v) is 7.26. The summed E-state index contributed by atoms with van der Waals surface area (Å²) >= 11 is 0. The number of rotatable bonds is 3. The van der Waals surface area contributed by atoms with Gasteiger partial charge in [-0.3, -0.25) is 19.2 Å². The van der Waals surface area contributed by atoms with Crippen LogP contribution < -0.4 is 16.0 Å². The van der Waals surface area contributed by atoms with E-state index >= 15 is 0 Å². The first-order valence-corrected chi connectivity index (χ1v) is 11.9. The molecule has 1 aromatic rings. The summed E-state index contributed by atoms with van der Waals surface area (Å²) in [5.41, 5.74) is 1.61. The Labute approximate surface area is 213 Å². The number of phenols is 1. The maximum atomic E-state index is 13.7.